The van der Waals surface area contributed by atoms with Crippen LogP contribution in [0.15, 0.2) is 24.4 Å². The second-order valence-electron chi connectivity index (χ2n) is 4.45. The first kappa shape index (κ1) is 11.9. The zero-order valence-corrected chi connectivity index (χ0v) is 9.60. The minimum atomic E-state index is -1.10. The Kier molecular flexibility index (Phi) is 3.28. The van der Waals surface area contributed by atoms with Gasteiger partial charge in [0.2, 0.25) is 0 Å². The summed E-state index contributed by atoms with van der Waals surface area (Å²) in [5.74, 6) is 0. The lowest BCUT2D eigenvalue weighted by atomic mass is 9.78. The summed E-state index contributed by atoms with van der Waals surface area (Å²) >= 11 is 0. The Morgan fingerprint density at radius 1 is 1.53 bits per heavy atom. The van der Waals surface area contributed by atoms with E-state index in [2.05, 4.69) is 10.3 Å². The maximum absolute atomic E-state index is 11.0. The minimum absolute atomic E-state index is 0.358. The predicted molar refractivity (Wildman–Crippen MR) is 63.1 cm³/mol. The van der Waals surface area contributed by atoms with Crippen LogP contribution in [0.2, 0.25) is 0 Å². The van der Waals surface area contributed by atoms with Crippen LogP contribution < -0.4 is 11.1 Å². The molecule has 1 aliphatic rings. The lowest BCUT2D eigenvalue weighted by molar-refractivity contribution is -0.0317. The molecule has 0 radical (unpaired) electrons. The maximum atomic E-state index is 11.0. The summed E-state index contributed by atoms with van der Waals surface area (Å²) in [5.41, 5.74) is 4.63. The smallest absolute Gasteiger partial charge is 0.312 e. The fourth-order valence-corrected chi connectivity index (χ4v) is 2.44. The highest BCUT2D eigenvalue weighted by molar-refractivity contribution is 5.72. The van der Waals surface area contributed by atoms with E-state index in [9.17, 15) is 9.90 Å². The van der Waals surface area contributed by atoms with Gasteiger partial charge in [-0.25, -0.2) is 4.79 Å². The van der Waals surface area contributed by atoms with Crippen molar-refractivity contribution in [2.75, 3.05) is 0 Å². The number of rotatable bonds is 2. The zero-order valence-electron chi connectivity index (χ0n) is 9.60. The number of nitrogens with zero attached hydrogens (tertiary/aromatic N) is 1. The molecule has 1 aromatic rings. The second-order valence-corrected chi connectivity index (χ2v) is 4.45. The molecule has 2 atom stereocenters. The van der Waals surface area contributed by atoms with Crippen molar-refractivity contribution in [3.05, 3.63) is 30.1 Å². The monoisotopic (exact) mass is 235 g/mol. The van der Waals surface area contributed by atoms with Gasteiger partial charge in [-0.2, -0.15) is 0 Å². The van der Waals surface area contributed by atoms with Crippen LogP contribution in [0.3, 0.4) is 0 Å². The zero-order chi connectivity index (χ0) is 12.3. The third-order valence-corrected chi connectivity index (χ3v) is 3.30. The van der Waals surface area contributed by atoms with Gasteiger partial charge in [-0.05, 0) is 25.0 Å². The lowest BCUT2D eigenvalue weighted by Gasteiger charge is -2.39. The number of aliphatic hydroxyl groups is 1. The van der Waals surface area contributed by atoms with Gasteiger partial charge in [-0.1, -0.05) is 18.9 Å². The van der Waals surface area contributed by atoms with Gasteiger partial charge in [0, 0.05) is 6.20 Å². The number of pyridine rings is 1. The standard InChI is InChI=1S/C12H17N3O2/c13-11(16)15-10-6-1-3-7-12(10,17)9-5-2-4-8-14-9/h2,4-5,8,10,17H,1,3,6-7H2,(H3,13,15,16). The number of carbonyl (C=O) groups is 1. The van der Waals surface area contributed by atoms with Crippen LogP contribution in [-0.2, 0) is 5.60 Å². The van der Waals surface area contributed by atoms with Crippen molar-refractivity contribution in [3.63, 3.8) is 0 Å². The quantitative estimate of drug-likeness (QED) is 0.711. The number of aromatic nitrogens is 1. The Bertz CT molecular complexity index is 396. The molecule has 0 aromatic carbocycles. The number of hydrogen-bond donors (Lipinski definition) is 3. The van der Waals surface area contributed by atoms with Crippen molar-refractivity contribution in [3.8, 4) is 0 Å². The number of nitrogens with two attached hydrogens (primary N) is 1. The highest BCUT2D eigenvalue weighted by atomic mass is 16.3. The molecule has 0 bridgehead atoms. The number of primary amides is 1. The van der Waals surface area contributed by atoms with Crippen LogP contribution in [0.25, 0.3) is 0 Å². The van der Waals surface area contributed by atoms with Crippen LogP contribution in [0.4, 0.5) is 4.79 Å². The topological polar surface area (TPSA) is 88.2 Å². The summed E-state index contributed by atoms with van der Waals surface area (Å²) in [6, 6.07) is 4.44. The summed E-state index contributed by atoms with van der Waals surface area (Å²) in [6.07, 6.45) is 4.85. The average molecular weight is 235 g/mol. The normalized spacial score (nSPS) is 28.6. The summed E-state index contributed by atoms with van der Waals surface area (Å²) in [6.45, 7) is 0. The van der Waals surface area contributed by atoms with Gasteiger partial charge in [-0.15, -0.1) is 0 Å². The molecule has 1 fully saturated rings. The molecular weight excluding hydrogens is 218 g/mol. The Balaban J connectivity index is 2.28. The lowest BCUT2D eigenvalue weighted by Crippen LogP contribution is -2.54. The van der Waals surface area contributed by atoms with Gasteiger partial charge in [0.15, 0.2) is 0 Å². The van der Waals surface area contributed by atoms with Crippen molar-refractivity contribution in [1.29, 1.82) is 0 Å². The molecule has 0 spiro atoms. The highest BCUT2D eigenvalue weighted by Crippen LogP contribution is 2.36. The number of hydrogen-bond acceptors (Lipinski definition) is 3. The first-order valence-corrected chi connectivity index (χ1v) is 5.83. The molecule has 2 unspecified atom stereocenters. The predicted octanol–water partition coefficient (Wildman–Crippen LogP) is 0.880. The molecule has 0 aliphatic heterocycles. The SMILES string of the molecule is NC(=O)NC1CCCCC1(O)c1ccccn1. The fourth-order valence-electron chi connectivity index (χ4n) is 2.44. The first-order chi connectivity index (χ1) is 8.13. The Labute approximate surface area is 100 Å². The van der Waals surface area contributed by atoms with E-state index in [1.165, 1.54) is 0 Å². The van der Waals surface area contributed by atoms with E-state index in [0.717, 1.165) is 19.3 Å². The van der Waals surface area contributed by atoms with Gasteiger partial charge < -0.3 is 16.2 Å². The molecule has 1 aliphatic carbocycles. The molecule has 1 aromatic heterocycles. The van der Waals surface area contributed by atoms with E-state index in [1.807, 2.05) is 6.07 Å². The van der Waals surface area contributed by atoms with E-state index in [4.69, 9.17) is 5.73 Å². The molecular formula is C12H17N3O2. The van der Waals surface area contributed by atoms with E-state index < -0.39 is 11.6 Å². The highest BCUT2D eigenvalue weighted by Gasteiger charge is 2.42. The van der Waals surface area contributed by atoms with Crippen LogP contribution >= 0.6 is 0 Å². The van der Waals surface area contributed by atoms with Crippen LogP contribution in [0.1, 0.15) is 31.4 Å². The Morgan fingerprint density at radius 2 is 2.35 bits per heavy atom. The molecule has 92 valence electrons. The minimum Gasteiger partial charge on any atom is -0.381 e. The first-order valence-electron chi connectivity index (χ1n) is 5.83. The van der Waals surface area contributed by atoms with Crippen molar-refractivity contribution in [2.24, 2.45) is 5.73 Å². The van der Waals surface area contributed by atoms with Crippen LogP contribution in [0.5, 0.6) is 0 Å². The van der Waals surface area contributed by atoms with Gasteiger partial charge in [-0.3, -0.25) is 4.98 Å². The largest absolute Gasteiger partial charge is 0.381 e. The molecule has 5 nitrogen and oxygen atoms in total. The van der Waals surface area contributed by atoms with Gasteiger partial charge in [0.25, 0.3) is 0 Å². The van der Waals surface area contributed by atoms with Gasteiger partial charge in [0.1, 0.15) is 5.60 Å². The van der Waals surface area contributed by atoms with Gasteiger partial charge in [0.05, 0.1) is 11.7 Å². The molecule has 0 saturated heterocycles. The van der Waals surface area contributed by atoms with Crippen molar-refractivity contribution in [2.45, 2.75) is 37.3 Å². The summed E-state index contributed by atoms with van der Waals surface area (Å²) in [7, 11) is 0. The molecule has 2 amide bonds. The maximum Gasteiger partial charge on any atom is 0.312 e. The molecule has 1 saturated carbocycles. The Morgan fingerprint density at radius 3 is 3.00 bits per heavy atom. The summed E-state index contributed by atoms with van der Waals surface area (Å²) in [5, 5.41) is 13.3. The molecule has 4 N–H and O–H groups in total. The summed E-state index contributed by atoms with van der Waals surface area (Å²) < 4.78 is 0. The fraction of sp³-hybridized carbons (Fsp3) is 0.500. The average Bonchev–Trinajstić information content (AvgIpc) is 2.33. The van der Waals surface area contributed by atoms with Crippen molar-refractivity contribution in [1.82, 2.24) is 10.3 Å². The number of nitrogens with one attached hydrogen (secondary N) is 1. The van der Waals surface area contributed by atoms with Gasteiger partial charge >= 0.3 is 6.03 Å². The van der Waals surface area contributed by atoms with Crippen LogP contribution in [-0.4, -0.2) is 22.2 Å². The number of urea groups is 1. The van der Waals surface area contributed by atoms with E-state index in [-0.39, 0.29) is 6.04 Å². The molecule has 17 heavy (non-hydrogen) atoms. The van der Waals surface area contributed by atoms with E-state index in [1.54, 1.807) is 18.3 Å². The molecule has 1 heterocycles. The molecule has 5 heteroatoms. The number of amides is 2. The van der Waals surface area contributed by atoms with E-state index >= 15 is 0 Å². The molecule has 2 rings (SSSR count). The number of carbonyl (C=O) groups excluding carboxylic acids is 1. The third-order valence-electron chi connectivity index (χ3n) is 3.30. The van der Waals surface area contributed by atoms with Crippen LogP contribution in [0, 0.1) is 0 Å². The van der Waals surface area contributed by atoms with E-state index in [0.29, 0.717) is 12.1 Å². The Hall–Kier alpha value is -1.62. The second kappa shape index (κ2) is 4.71. The van der Waals surface area contributed by atoms with Crippen molar-refractivity contribution >= 4 is 6.03 Å². The summed E-state index contributed by atoms with van der Waals surface area (Å²) in [4.78, 5) is 15.2. The van der Waals surface area contributed by atoms with Crippen molar-refractivity contribution < 1.29 is 9.90 Å². The third kappa shape index (κ3) is 2.39.